The average Bonchev–Trinajstić information content (AvgIpc) is 3.02. The van der Waals surface area contributed by atoms with Crippen LogP contribution >= 0.6 is 11.3 Å². The predicted octanol–water partition coefficient (Wildman–Crippen LogP) is 1.81. The number of hydrogen-bond acceptors (Lipinski definition) is 4. The summed E-state index contributed by atoms with van der Waals surface area (Å²) < 4.78 is 0. The van der Waals surface area contributed by atoms with Crippen molar-refractivity contribution in [3.63, 3.8) is 0 Å². The lowest BCUT2D eigenvalue weighted by molar-refractivity contribution is -0.123. The topological polar surface area (TPSA) is 52.7 Å². The van der Waals surface area contributed by atoms with Gasteiger partial charge >= 0.3 is 0 Å². The van der Waals surface area contributed by atoms with Crippen molar-refractivity contribution in [1.82, 2.24) is 15.1 Å². The number of thiophene rings is 1. The van der Waals surface area contributed by atoms with Crippen molar-refractivity contribution in [2.45, 2.75) is 31.2 Å². The van der Waals surface area contributed by atoms with Crippen molar-refractivity contribution in [1.29, 1.82) is 0 Å². The first-order valence-electron chi connectivity index (χ1n) is 9.52. The molecule has 0 aromatic carbocycles. The van der Waals surface area contributed by atoms with Crippen LogP contribution < -0.4 is 5.32 Å². The Morgan fingerprint density at radius 2 is 2.08 bits per heavy atom. The summed E-state index contributed by atoms with van der Waals surface area (Å²) >= 11 is 1.51. The summed E-state index contributed by atoms with van der Waals surface area (Å²) in [4.78, 5) is 30.4. The number of rotatable bonds is 3. The third kappa shape index (κ3) is 2.70. The fourth-order valence-electron chi connectivity index (χ4n) is 5.12. The Bertz CT molecular complexity index is 677. The van der Waals surface area contributed by atoms with Gasteiger partial charge in [-0.2, -0.15) is 0 Å². The maximum Gasteiger partial charge on any atom is 0.263 e. The number of likely N-dealkylation sites (tertiary alicyclic amines) is 2. The van der Waals surface area contributed by atoms with Gasteiger partial charge in [-0.15, -0.1) is 11.3 Å². The first kappa shape index (κ1) is 15.8. The van der Waals surface area contributed by atoms with E-state index >= 15 is 0 Å². The van der Waals surface area contributed by atoms with Crippen molar-refractivity contribution in [2.75, 3.05) is 32.7 Å². The summed E-state index contributed by atoms with van der Waals surface area (Å²) in [6.45, 7) is 4.68. The van der Waals surface area contributed by atoms with Crippen molar-refractivity contribution in [2.24, 2.45) is 17.8 Å². The van der Waals surface area contributed by atoms with E-state index in [-0.39, 0.29) is 23.3 Å². The van der Waals surface area contributed by atoms with Gasteiger partial charge in [0.2, 0.25) is 5.91 Å². The quantitative estimate of drug-likeness (QED) is 0.896. The molecule has 1 spiro atoms. The molecular weight excluding hydrogens is 334 g/mol. The van der Waals surface area contributed by atoms with E-state index in [4.69, 9.17) is 0 Å². The number of carbonyl (C=O) groups excluding carboxylic acids is 2. The van der Waals surface area contributed by atoms with Gasteiger partial charge in [-0.05, 0) is 43.0 Å². The van der Waals surface area contributed by atoms with Gasteiger partial charge in [0.05, 0.1) is 10.8 Å². The zero-order chi connectivity index (χ0) is 17.0. The van der Waals surface area contributed by atoms with E-state index in [1.54, 1.807) is 0 Å². The molecule has 0 bridgehead atoms. The van der Waals surface area contributed by atoms with Gasteiger partial charge in [0.25, 0.3) is 5.91 Å². The Morgan fingerprint density at radius 3 is 2.76 bits per heavy atom. The van der Waals surface area contributed by atoms with Gasteiger partial charge in [0.15, 0.2) is 0 Å². The van der Waals surface area contributed by atoms with E-state index in [1.165, 1.54) is 30.7 Å². The van der Waals surface area contributed by atoms with Crippen LogP contribution in [0.2, 0.25) is 0 Å². The van der Waals surface area contributed by atoms with E-state index < -0.39 is 0 Å². The van der Waals surface area contributed by atoms with Gasteiger partial charge in [-0.25, -0.2) is 0 Å². The minimum Gasteiger partial charge on any atom is -0.350 e. The first-order valence-corrected chi connectivity index (χ1v) is 10.4. The molecule has 6 heteroatoms. The van der Waals surface area contributed by atoms with Crippen LogP contribution in [-0.2, 0) is 4.79 Å². The highest BCUT2D eigenvalue weighted by Crippen LogP contribution is 2.45. The van der Waals surface area contributed by atoms with Gasteiger partial charge in [0, 0.05) is 44.2 Å². The molecule has 4 fully saturated rings. The number of amides is 2. The molecular formula is C19H25N3O2S. The lowest BCUT2D eigenvalue weighted by atomic mass is 9.75. The minimum absolute atomic E-state index is 0.0771. The third-order valence-electron chi connectivity index (χ3n) is 6.70. The molecule has 134 valence electrons. The van der Waals surface area contributed by atoms with E-state index in [9.17, 15) is 9.59 Å². The van der Waals surface area contributed by atoms with Crippen LogP contribution in [0.5, 0.6) is 0 Å². The fourth-order valence-corrected chi connectivity index (χ4v) is 5.81. The molecule has 3 aliphatic heterocycles. The standard InChI is InChI=1S/C19H25N3O2S/c23-17-14-11-21(10-13-3-4-13)12-15(14)19(20-17)5-7-22(8-6-19)18(24)16-2-1-9-25-16/h1-2,9,13-15H,3-8,10-12H2,(H,20,23)/t14-,15+/m1/s1. The molecule has 0 radical (unpaired) electrons. The Morgan fingerprint density at radius 1 is 1.28 bits per heavy atom. The van der Waals surface area contributed by atoms with Gasteiger partial charge in [-0.1, -0.05) is 6.07 Å². The Balaban J connectivity index is 1.27. The number of carbonyl (C=O) groups is 2. The van der Waals surface area contributed by atoms with Crippen molar-refractivity contribution in [3.8, 4) is 0 Å². The van der Waals surface area contributed by atoms with Crippen LogP contribution in [0.25, 0.3) is 0 Å². The summed E-state index contributed by atoms with van der Waals surface area (Å²) in [5.74, 6) is 1.87. The zero-order valence-electron chi connectivity index (χ0n) is 14.4. The molecule has 5 rings (SSSR count). The van der Waals surface area contributed by atoms with Gasteiger partial charge in [0.1, 0.15) is 0 Å². The average molecular weight is 359 g/mol. The maximum absolute atomic E-state index is 12.6. The maximum atomic E-state index is 12.6. The Hall–Kier alpha value is -1.40. The van der Waals surface area contributed by atoms with Crippen LogP contribution in [0.15, 0.2) is 17.5 Å². The van der Waals surface area contributed by atoms with Crippen LogP contribution in [0, 0.1) is 17.8 Å². The van der Waals surface area contributed by atoms with Crippen molar-refractivity contribution >= 4 is 23.2 Å². The third-order valence-corrected chi connectivity index (χ3v) is 7.56. The normalized spacial score (nSPS) is 31.4. The molecule has 4 aliphatic rings. The summed E-state index contributed by atoms with van der Waals surface area (Å²) in [5.41, 5.74) is -0.0771. The Kier molecular flexibility index (Phi) is 3.68. The molecule has 25 heavy (non-hydrogen) atoms. The largest absolute Gasteiger partial charge is 0.350 e. The molecule has 1 N–H and O–H groups in total. The molecule has 1 aromatic heterocycles. The summed E-state index contributed by atoms with van der Waals surface area (Å²) in [6, 6.07) is 3.83. The number of piperidine rings is 1. The van der Waals surface area contributed by atoms with Crippen LogP contribution in [0.4, 0.5) is 0 Å². The molecule has 1 aromatic rings. The van der Waals surface area contributed by atoms with E-state index in [1.807, 2.05) is 22.4 Å². The SMILES string of the molecule is O=C1NC2(CCN(C(=O)c3cccs3)CC2)[C@H]2CN(CC3CC3)C[C@@H]12. The molecule has 1 aliphatic carbocycles. The summed E-state index contributed by atoms with van der Waals surface area (Å²) in [6.07, 6.45) is 4.52. The van der Waals surface area contributed by atoms with Crippen LogP contribution in [0.1, 0.15) is 35.4 Å². The number of nitrogens with zero attached hydrogens (tertiary/aromatic N) is 2. The molecule has 5 nitrogen and oxygen atoms in total. The second kappa shape index (κ2) is 5.81. The first-order chi connectivity index (χ1) is 12.1. The smallest absolute Gasteiger partial charge is 0.263 e. The fraction of sp³-hybridized carbons (Fsp3) is 0.684. The van der Waals surface area contributed by atoms with E-state index in [0.29, 0.717) is 5.92 Å². The number of hydrogen-bond donors (Lipinski definition) is 1. The van der Waals surface area contributed by atoms with Gasteiger partial charge < -0.3 is 15.1 Å². The monoisotopic (exact) mass is 359 g/mol. The van der Waals surface area contributed by atoms with E-state index in [2.05, 4.69) is 10.2 Å². The van der Waals surface area contributed by atoms with Crippen LogP contribution in [-0.4, -0.2) is 59.9 Å². The minimum atomic E-state index is -0.0771. The van der Waals surface area contributed by atoms with Crippen molar-refractivity contribution in [3.05, 3.63) is 22.4 Å². The molecule has 2 amide bonds. The molecule has 3 saturated heterocycles. The zero-order valence-corrected chi connectivity index (χ0v) is 15.3. The van der Waals surface area contributed by atoms with Crippen molar-refractivity contribution < 1.29 is 9.59 Å². The molecule has 1 saturated carbocycles. The number of nitrogens with one attached hydrogen (secondary N) is 1. The summed E-state index contributed by atoms with van der Waals surface area (Å²) in [7, 11) is 0. The highest BCUT2D eigenvalue weighted by molar-refractivity contribution is 7.12. The summed E-state index contributed by atoms with van der Waals surface area (Å²) in [5, 5.41) is 5.31. The van der Waals surface area contributed by atoms with E-state index in [0.717, 1.165) is 49.8 Å². The van der Waals surface area contributed by atoms with Gasteiger partial charge in [-0.3, -0.25) is 9.59 Å². The second-order valence-electron chi connectivity index (χ2n) is 8.29. The predicted molar refractivity (Wildman–Crippen MR) is 96.5 cm³/mol. The second-order valence-corrected chi connectivity index (χ2v) is 9.24. The lowest BCUT2D eigenvalue weighted by Crippen LogP contribution is -2.56. The Labute approximate surface area is 152 Å². The highest BCUT2D eigenvalue weighted by atomic mass is 32.1. The molecule has 0 unspecified atom stereocenters. The highest BCUT2D eigenvalue weighted by Gasteiger charge is 2.57. The number of fused-ring (bicyclic) bond motifs is 2. The molecule has 2 atom stereocenters. The lowest BCUT2D eigenvalue weighted by Gasteiger charge is -2.42. The van der Waals surface area contributed by atoms with Crippen LogP contribution in [0.3, 0.4) is 0 Å². The molecule has 4 heterocycles.